The van der Waals surface area contributed by atoms with Crippen molar-refractivity contribution >= 4 is 11.8 Å². The Morgan fingerprint density at radius 3 is 2.78 bits per heavy atom. The number of methoxy groups -OCH3 is 1. The molecule has 5 nitrogen and oxygen atoms in total. The summed E-state index contributed by atoms with van der Waals surface area (Å²) in [5, 5.41) is 15.3. The Morgan fingerprint density at radius 2 is 2.00 bits per heavy atom. The van der Waals surface area contributed by atoms with Gasteiger partial charge in [-0.25, -0.2) is 9.67 Å². The van der Waals surface area contributed by atoms with E-state index < -0.39 is 6.10 Å². The quantitative estimate of drug-likeness (QED) is 0.705. The number of thioether (sulfide) groups is 1. The number of aromatic nitrogens is 3. The molecule has 0 aliphatic heterocycles. The molecule has 118 valence electrons. The number of hydrogen-bond donors (Lipinski definition) is 1. The van der Waals surface area contributed by atoms with Crippen molar-refractivity contribution in [3.63, 3.8) is 0 Å². The highest BCUT2D eigenvalue weighted by molar-refractivity contribution is 7.99. The normalized spacial score (nSPS) is 12.1. The summed E-state index contributed by atoms with van der Waals surface area (Å²) in [5.41, 5.74) is 1.78. The summed E-state index contributed by atoms with van der Waals surface area (Å²) in [5.74, 6) is 1.21. The van der Waals surface area contributed by atoms with Crippen LogP contribution in [0, 0.1) is 0 Å². The van der Waals surface area contributed by atoms with Gasteiger partial charge in [-0.2, -0.15) is 0 Å². The van der Waals surface area contributed by atoms with Crippen molar-refractivity contribution in [1.82, 2.24) is 14.8 Å². The monoisotopic (exact) mass is 327 g/mol. The highest BCUT2D eigenvalue weighted by atomic mass is 32.2. The largest absolute Gasteiger partial charge is 0.497 e. The van der Waals surface area contributed by atoms with Gasteiger partial charge in [0.15, 0.2) is 0 Å². The van der Waals surface area contributed by atoms with Gasteiger partial charge in [-0.3, -0.25) is 0 Å². The second-order valence-electron chi connectivity index (χ2n) is 4.91. The zero-order valence-electron chi connectivity index (χ0n) is 12.7. The number of aliphatic hydroxyl groups is 1. The standard InChI is InChI=1S/C17H17N3O2S/c1-22-15-9-5-6-13(10-15)16(21)11-23-17-18-12-20(19-17)14-7-3-2-4-8-14/h2-10,12,16,21H,11H2,1H3. The van der Waals surface area contributed by atoms with Crippen LogP contribution in [0.5, 0.6) is 5.75 Å². The molecule has 1 heterocycles. The van der Waals surface area contributed by atoms with Crippen LogP contribution < -0.4 is 4.74 Å². The number of aliphatic hydroxyl groups excluding tert-OH is 1. The van der Waals surface area contributed by atoms with E-state index in [1.165, 1.54) is 11.8 Å². The maximum absolute atomic E-state index is 10.3. The Morgan fingerprint density at radius 1 is 1.17 bits per heavy atom. The van der Waals surface area contributed by atoms with E-state index in [0.29, 0.717) is 10.9 Å². The van der Waals surface area contributed by atoms with Crippen molar-refractivity contribution < 1.29 is 9.84 Å². The molecular formula is C17H17N3O2S. The van der Waals surface area contributed by atoms with Crippen molar-refractivity contribution in [2.24, 2.45) is 0 Å². The van der Waals surface area contributed by atoms with E-state index in [1.807, 2.05) is 54.6 Å². The molecule has 0 fully saturated rings. The second kappa shape index (κ2) is 7.30. The van der Waals surface area contributed by atoms with Crippen LogP contribution >= 0.6 is 11.8 Å². The van der Waals surface area contributed by atoms with Gasteiger partial charge < -0.3 is 9.84 Å². The molecule has 1 unspecified atom stereocenters. The molecule has 2 aromatic carbocycles. The average Bonchev–Trinajstić information content (AvgIpc) is 3.09. The number of ether oxygens (including phenoxy) is 1. The lowest BCUT2D eigenvalue weighted by Gasteiger charge is -2.10. The minimum Gasteiger partial charge on any atom is -0.497 e. The van der Waals surface area contributed by atoms with Crippen LogP contribution in [0.1, 0.15) is 11.7 Å². The van der Waals surface area contributed by atoms with E-state index in [2.05, 4.69) is 10.1 Å². The first-order valence-electron chi connectivity index (χ1n) is 7.18. The van der Waals surface area contributed by atoms with Crippen molar-refractivity contribution in [2.45, 2.75) is 11.3 Å². The number of nitrogens with zero attached hydrogens (tertiary/aromatic N) is 3. The molecular weight excluding hydrogens is 310 g/mol. The van der Waals surface area contributed by atoms with Crippen LogP contribution in [0.3, 0.4) is 0 Å². The summed E-state index contributed by atoms with van der Waals surface area (Å²) in [7, 11) is 1.61. The minimum atomic E-state index is -0.598. The molecule has 23 heavy (non-hydrogen) atoms. The molecule has 1 N–H and O–H groups in total. The van der Waals surface area contributed by atoms with Gasteiger partial charge in [0, 0.05) is 5.75 Å². The predicted molar refractivity (Wildman–Crippen MR) is 90.0 cm³/mol. The lowest BCUT2D eigenvalue weighted by atomic mass is 10.1. The summed E-state index contributed by atoms with van der Waals surface area (Å²) in [6, 6.07) is 17.2. The van der Waals surface area contributed by atoms with E-state index in [4.69, 9.17) is 4.74 Å². The van der Waals surface area contributed by atoms with Gasteiger partial charge in [0.25, 0.3) is 0 Å². The predicted octanol–water partition coefficient (Wildman–Crippen LogP) is 3.10. The Balaban J connectivity index is 1.63. The third-order valence-electron chi connectivity index (χ3n) is 3.34. The average molecular weight is 327 g/mol. The van der Waals surface area contributed by atoms with Gasteiger partial charge in [0.05, 0.1) is 18.9 Å². The van der Waals surface area contributed by atoms with E-state index >= 15 is 0 Å². The van der Waals surface area contributed by atoms with E-state index in [9.17, 15) is 5.11 Å². The van der Waals surface area contributed by atoms with Crippen molar-refractivity contribution in [3.8, 4) is 11.4 Å². The maximum Gasteiger partial charge on any atom is 0.208 e. The third kappa shape index (κ3) is 3.91. The number of para-hydroxylation sites is 1. The van der Waals surface area contributed by atoms with Gasteiger partial charge >= 0.3 is 0 Å². The number of benzene rings is 2. The van der Waals surface area contributed by atoms with Gasteiger partial charge in [-0.15, -0.1) is 5.10 Å². The van der Waals surface area contributed by atoms with Crippen LogP contribution in [-0.2, 0) is 0 Å². The van der Waals surface area contributed by atoms with Crippen molar-refractivity contribution in [2.75, 3.05) is 12.9 Å². The Labute approximate surface area is 138 Å². The summed E-state index contributed by atoms with van der Waals surface area (Å²) in [6.07, 6.45) is 1.08. The van der Waals surface area contributed by atoms with Crippen LogP contribution in [0.4, 0.5) is 0 Å². The Hall–Kier alpha value is -2.31. The fraction of sp³-hybridized carbons (Fsp3) is 0.176. The topological polar surface area (TPSA) is 60.2 Å². The summed E-state index contributed by atoms with van der Waals surface area (Å²) >= 11 is 1.42. The van der Waals surface area contributed by atoms with E-state index in [0.717, 1.165) is 17.0 Å². The fourth-order valence-electron chi connectivity index (χ4n) is 2.12. The van der Waals surface area contributed by atoms with Gasteiger partial charge in [0.1, 0.15) is 12.1 Å². The third-order valence-corrected chi connectivity index (χ3v) is 4.27. The smallest absolute Gasteiger partial charge is 0.208 e. The molecule has 3 rings (SSSR count). The lowest BCUT2D eigenvalue weighted by Crippen LogP contribution is -2.01. The summed E-state index contributed by atoms with van der Waals surface area (Å²) < 4.78 is 6.90. The molecule has 0 aliphatic rings. The van der Waals surface area contributed by atoms with Crippen LogP contribution in [-0.4, -0.2) is 32.7 Å². The molecule has 0 spiro atoms. The highest BCUT2D eigenvalue weighted by Crippen LogP contribution is 2.25. The van der Waals surface area contributed by atoms with E-state index in [1.54, 1.807) is 18.1 Å². The first-order chi connectivity index (χ1) is 11.3. The Bertz CT molecular complexity index is 761. The Kier molecular flexibility index (Phi) is 4.95. The van der Waals surface area contributed by atoms with Gasteiger partial charge in [-0.1, -0.05) is 42.1 Å². The first-order valence-corrected chi connectivity index (χ1v) is 8.17. The molecule has 3 aromatic rings. The number of rotatable bonds is 6. The second-order valence-corrected chi connectivity index (χ2v) is 5.90. The zero-order valence-corrected chi connectivity index (χ0v) is 13.5. The molecule has 6 heteroatoms. The molecule has 0 aliphatic carbocycles. The van der Waals surface area contributed by atoms with Crippen molar-refractivity contribution in [1.29, 1.82) is 0 Å². The molecule has 0 saturated carbocycles. The molecule has 1 aromatic heterocycles. The van der Waals surface area contributed by atoms with E-state index in [-0.39, 0.29) is 0 Å². The molecule has 0 amide bonds. The zero-order chi connectivity index (χ0) is 16.1. The first kappa shape index (κ1) is 15.6. The minimum absolute atomic E-state index is 0.478. The molecule has 0 bridgehead atoms. The van der Waals surface area contributed by atoms with Crippen LogP contribution in [0.25, 0.3) is 5.69 Å². The van der Waals surface area contributed by atoms with Crippen LogP contribution in [0.15, 0.2) is 66.1 Å². The van der Waals surface area contributed by atoms with Crippen molar-refractivity contribution in [3.05, 3.63) is 66.5 Å². The lowest BCUT2D eigenvalue weighted by molar-refractivity contribution is 0.203. The van der Waals surface area contributed by atoms with Gasteiger partial charge in [0.2, 0.25) is 5.16 Å². The summed E-state index contributed by atoms with van der Waals surface area (Å²) in [4.78, 5) is 4.27. The fourth-order valence-corrected chi connectivity index (χ4v) is 2.88. The maximum atomic E-state index is 10.3. The number of hydrogen-bond acceptors (Lipinski definition) is 5. The molecule has 0 saturated heterocycles. The highest BCUT2D eigenvalue weighted by Gasteiger charge is 2.11. The molecule has 0 radical (unpaired) electrons. The SMILES string of the molecule is COc1cccc(C(O)CSc2ncn(-c3ccccc3)n2)c1. The van der Waals surface area contributed by atoms with Crippen LogP contribution in [0.2, 0.25) is 0 Å². The molecule has 1 atom stereocenters. The summed E-state index contributed by atoms with van der Waals surface area (Å²) in [6.45, 7) is 0. The van der Waals surface area contributed by atoms with Gasteiger partial charge in [-0.05, 0) is 29.8 Å².